The number of aliphatic carboxylic acids is 1. The fourth-order valence-electron chi connectivity index (χ4n) is 2.24. The average molecular weight is 313 g/mol. The van der Waals surface area contributed by atoms with Crippen molar-refractivity contribution in [2.45, 2.75) is 30.7 Å². The highest BCUT2D eigenvalue weighted by Gasteiger charge is 2.38. The molecule has 7 heteroatoms. The summed E-state index contributed by atoms with van der Waals surface area (Å²) in [5.74, 6) is -1.00. The summed E-state index contributed by atoms with van der Waals surface area (Å²) in [7, 11) is -3.84. The molecule has 1 aromatic carbocycles. The highest BCUT2D eigenvalue weighted by atomic mass is 32.2. The van der Waals surface area contributed by atoms with Gasteiger partial charge >= 0.3 is 5.97 Å². The van der Waals surface area contributed by atoms with E-state index in [1.165, 1.54) is 6.07 Å². The van der Waals surface area contributed by atoms with Gasteiger partial charge in [0.2, 0.25) is 10.0 Å². The van der Waals surface area contributed by atoms with Crippen molar-refractivity contribution < 1.29 is 23.1 Å². The van der Waals surface area contributed by atoms with Crippen molar-refractivity contribution in [3.05, 3.63) is 29.8 Å². The average Bonchev–Trinajstić information content (AvgIpc) is 2.47. The second kappa shape index (κ2) is 6.13. The molecular formula is C14H19NO5S. The summed E-state index contributed by atoms with van der Waals surface area (Å²) in [4.78, 5) is 11.4. The lowest BCUT2D eigenvalue weighted by Crippen LogP contribution is -2.52. The molecule has 0 aromatic heterocycles. The second-order valence-electron chi connectivity index (χ2n) is 5.27. The lowest BCUT2D eigenvalue weighted by Gasteiger charge is -2.31. The van der Waals surface area contributed by atoms with Crippen LogP contribution in [0.4, 0.5) is 0 Å². The maximum Gasteiger partial charge on any atom is 0.324 e. The summed E-state index contributed by atoms with van der Waals surface area (Å²) in [6, 6.07) is 5.46. The molecule has 1 atom stereocenters. The lowest BCUT2D eigenvalue weighted by molar-refractivity contribution is -0.146. The molecule has 116 valence electrons. The Morgan fingerprint density at radius 2 is 2.14 bits per heavy atom. The Balaban J connectivity index is 2.40. The first kappa shape index (κ1) is 15.9. The number of sulfonamides is 1. The van der Waals surface area contributed by atoms with Gasteiger partial charge in [-0.05, 0) is 23.6 Å². The quantitative estimate of drug-likeness (QED) is 0.905. The number of ether oxygens (including phenoxy) is 1. The Morgan fingerprint density at radius 3 is 2.76 bits per heavy atom. The third kappa shape index (κ3) is 3.25. The zero-order chi connectivity index (χ0) is 15.6. The Labute approximate surface area is 124 Å². The number of carbonyl (C=O) groups is 1. The highest BCUT2D eigenvalue weighted by Crippen LogP contribution is 2.24. The minimum Gasteiger partial charge on any atom is -0.480 e. The molecule has 1 N–H and O–H groups in total. The number of rotatable bonds is 4. The molecule has 2 rings (SSSR count). The molecule has 0 saturated carbocycles. The van der Waals surface area contributed by atoms with Gasteiger partial charge in [0.05, 0.1) is 18.1 Å². The fourth-order valence-corrected chi connectivity index (χ4v) is 3.85. The van der Waals surface area contributed by atoms with Crippen LogP contribution >= 0.6 is 0 Å². The van der Waals surface area contributed by atoms with Gasteiger partial charge in [-0.25, -0.2) is 8.42 Å². The molecule has 1 fully saturated rings. The number of carboxylic acid groups (broad SMARTS) is 1. The number of benzene rings is 1. The number of hydrogen-bond acceptors (Lipinski definition) is 4. The fraction of sp³-hybridized carbons (Fsp3) is 0.500. The minimum absolute atomic E-state index is 0.0468. The zero-order valence-electron chi connectivity index (χ0n) is 12.0. The normalized spacial score (nSPS) is 20.6. The van der Waals surface area contributed by atoms with Crippen LogP contribution in [0.25, 0.3) is 0 Å². The second-order valence-corrected chi connectivity index (χ2v) is 7.16. The van der Waals surface area contributed by atoms with E-state index in [1.54, 1.807) is 12.1 Å². The van der Waals surface area contributed by atoms with E-state index < -0.39 is 22.0 Å². The van der Waals surface area contributed by atoms with Crippen molar-refractivity contribution in [3.63, 3.8) is 0 Å². The van der Waals surface area contributed by atoms with E-state index in [1.807, 2.05) is 19.9 Å². The standard InChI is InChI=1S/C14H19NO5S/c1-10(2)11-4-3-5-12(8-11)21(18,19)15-6-7-20-9-13(15)14(16)17/h3-5,8,10,13H,6-7,9H2,1-2H3,(H,16,17). The molecule has 0 aliphatic carbocycles. The van der Waals surface area contributed by atoms with Crippen molar-refractivity contribution >= 4 is 16.0 Å². The topological polar surface area (TPSA) is 83.9 Å². The number of morpholine rings is 1. The van der Waals surface area contributed by atoms with Crippen LogP contribution in [0.5, 0.6) is 0 Å². The summed E-state index contributed by atoms with van der Waals surface area (Å²) in [5, 5.41) is 9.18. The molecule has 1 unspecified atom stereocenters. The van der Waals surface area contributed by atoms with E-state index in [9.17, 15) is 18.3 Å². The molecule has 0 amide bonds. The summed E-state index contributed by atoms with van der Waals surface area (Å²) >= 11 is 0. The molecule has 1 heterocycles. The van der Waals surface area contributed by atoms with E-state index in [-0.39, 0.29) is 30.6 Å². The first-order chi connectivity index (χ1) is 9.84. The summed E-state index contributed by atoms with van der Waals surface area (Å²) in [5.41, 5.74) is 0.899. The number of carboxylic acids is 1. The van der Waals surface area contributed by atoms with E-state index >= 15 is 0 Å². The van der Waals surface area contributed by atoms with Gasteiger partial charge in [0.15, 0.2) is 0 Å². The van der Waals surface area contributed by atoms with Crippen LogP contribution in [0.15, 0.2) is 29.2 Å². The number of nitrogens with zero attached hydrogens (tertiary/aromatic N) is 1. The predicted molar refractivity (Wildman–Crippen MR) is 76.7 cm³/mol. The zero-order valence-corrected chi connectivity index (χ0v) is 12.8. The van der Waals surface area contributed by atoms with Gasteiger partial charge in [0, 0.05) is 6.54 Å². The van der Waals surface area contributed by atoms with Gasteiger partial charge in [-0.3, -0.25) is 4.79 Å². The Bertz CT molecular complexity index is 626. The molecule has 1 aliphatic heterocycles. The third-order valence-corrected chi connectivity index (χ3v) is 5.40. The minimum atomic E-state index is -3.84. The van der Waals surface area contributed by atoms with Crippen molar-refractivity contribution in [1.29, 1.82) is 0 Å². The van der Waals surface area contributed by atoms with E-state index in [2.05, 4.69) is 0 Å². The lowest BCUT2D eigenvalue weighted by atomic mass is 10.0. The molecule has 1 aromatic rings. The van der Waals surface area contributed by atoms with Gasteiger partial charge in [-0.1, -0.05) is 26.0 Å². The monoisotopic (exact) mass is 313 g/mol. The summed E-state index contributed by atoms with van der Waals surface area (Å²) in [6.07, 6.45) is 0. The first-order valence-electron chi connectivity index (χ1n) is 6.76. The van der Waals surface area contributed by atoms with Crippen LogP contribution in [0.2, 0.25) is 0 Å². The molecule has 6 nitrogen and oxygen atoms in total. The van der Waals surface area contributed by atoms with E-state index in [4.69, 9.17) is 4.74 Å². The molecular weight excluding hydrogens is 294 g/mol. The van der Waals surface area contributed by atoms with Crippen LogP contribution in [0.1, 0.15) is 25.3 Å². The maximum absolute atomic E-state index is 12.7. The van der Waals surface area contributed by atoms with Gasteiger partial charge in [-0.2, -0.15) is 4.31 Å². The molecule has 21 heavy (non-hydrogen) atoms. The molecule has 1 aliphatic rings. The van der Waals surface area contributed by atoms with E-state index in [0.29, 0.717) is 0 Å². The number of hydrogen-bond donors (Lipinski definition) is 1. The largest absolute Gasteiger partial charge is 0.480 e. The molecule has 0 bridgehead atoms. The van der Waals surface area contributed by atoms with Crippen molar-refractivity contribution in [2.24, 2.45) is 0 Å². The first-order valence-corrected chi connectivity index (χ1v) is 8.20. The van der Waals surface area contributed by atoms with Crippen LogP contribution in [0.3, 0.4) is 0 Å². The highest BCUT2D eigenvalue weighted by molar-refractivity contribution is 7.89. The van der Waals surface area contributed by atoms with Crippen LogP contribution in [-0.2, 0) is 19.6 Å². The predicted octanol–water partition coefficient (Wildman–Crippen LogP) is 1.28. The molecule has 1 saturated heterocycles. The Hall–Kier alpha value is -1.44. The maximum atomic E-state index is 12.7. The molecule has 0 radical (unpaired) electrons. The van der Waals surface area contributed by atoms with Crippen LogP contribution in [0, 0.1) is 0 Å². The van der Waals surface area contributed by atoms with Gasteiger partial charge in [0.1, 0.15) is 6.04 Å². The van der Waals surface area contributed by atoms with Gasteiger partial charge < -0.3 is 9.84 Å². The molecule has 0 spiro atoms. The van der Waals surface area contributed by atoms with Crippen molar-refractivity contribution in [3.8, 4) is 0 Å². The summed E-state index contributed by atoms with van der Waals surface area (Å²) < 4.78 is 31.5. The van der Waals surface area contributed by atoms with Crippen LogP contribution < -0.4 is 0 Å². The SMILES string of the molecule is CC(C)c1cccc(S(=O)(=O)N2CCOCC2C(=O)O)c1. The van der Waals surface area contributed by atoms with E-state index in [0.717, 1.165) is 9.87 Å². The van der Waals surface area contributed by atoms with Crippen LogP contribution in [-0.4, -0.2) is 49.6 Å². The smallest absolute Gasteiger partial charge is 0.324 e. The van der Waals surface area contributed by atoms with Gasteiger partial charge in [0.25, 0.3) is 0 Å². The van der Waals surface area contributed by atoms with Crippen molar-refractivity contribution in [1.82, 2.24) is 4.31 Å². The Morgan fingerprint density at radius 1 is 1.43 bits per heavy atom. The third-order valence-electron chi connectivity index (χ3n) is 3.50. The Kier molecular flexibility index (Phi) is 4.65. The van der Waals surface area contributed by atoms with Gasteiger partial charge in [-0.15, -0.1) is 0 Å². The summed E-state index contributed by atoms with van der Waals surface area (Å²) in [6.45, 7) is 4.07. The van der Waals surface area contributed by atoms with Crippen molar-refractivity contribution in [2.75, 3.05) is 19.8 Å².